The van der Waals surface area contributed by atoms with Gasteiger partial charge in [0.05, 0.1) is 11.1 Å². The van der Waals surface area contributed by atoms with Gasteiger partial charge in [-0.15, -0.1) is 0 Å². The number of hydrogen-bond donors (Lipinski definition) is 1. The molecule has 48 heavy (non-hydrogen) atoms. The molecule has 0 atom stereocenters. The van der Waals surface area contributed by atoms with Gasteiger partial charge in [-0.05, 0) is 47.5 Å². The Bertz CT molecular complexity index is 2000. The van der Waals surface area contributed by atoms with Crippen LogP contribution >= 0.6 is 0 Å². The van der Waals surface area contributed by atoms with Crippen LogP contribution in [0.4, 0.5) is 17.3 Å². The Morgan fingerprint density at radius 2 is 0.833 bits per heavy atom. The zero-order chi connectivity index (χ0) is 33.5. The number of phenolic OH excluding ortho intramolecular Hbond substituents is 1. The largest absolute Gasteiger partial charge is 0.673 e. The lowest BCUT2D eigenvalue weighted by molar-refractivity contribution is -0.572. The topological polar surface area (TPSA) is 75.7 Å². The average molecular weight is 643 g/mol. The second-order valence-electron chi connectivity index (χ2n) is 10.6. The third-order valence-electron chi connectivity index (χ3n) is 7.39. The van der Waals surface area contributed by atoms with Crippen molar-refractivity contribution in [3.8, 4) is 67.3 Å². The molecule has 0 spiro atoms. The molecule has 0 bridgehead atoms. The van der Waals surface area contributed by atoms with E-state index in [0.717, 1.165) is 50.5 Å². The number of hydrogen-bond acceptors (Lipinski definition) is 5. The number of pyridine rings is 5. The van der Waals surface area contributed by atoms with Crippen LogP contribution in [0.15, 0.2) is 153 Å². The van der Waals surface area contributed by atoms with E-state index < -0.39 is 7.25 Å². The van der Waals surface area contributed by atoms with E-state index in [1.54, 1.807) is 37.2 Å². The Balaban J connectivity index is 0.000000749. The summed E-state index contributed by atoms with van der Waals surface area (Å²) < 4.78 is 41.2. The molecule has 0 aliphatic heterocycles. The highest BCUT2D eigenvalue weighted by atomic mass is 19.5. The maximum atomic E-state index is 11.6. The van der Waals surface area contributed by atoms with Gasteiger partial charge in [-0.25, -0.2) is 0 Å². The second kappa shape index (κ2) is 14.0. The van der Waals surface area contributed by atoms with Crippen LogP contribution in [-0.2, 0) is 0 Å². The monoisotopic (exact) mass is 643 g/mol. The lowest BCUT2D eigenvalue weighted by Crippen LogP contribution is -2.36. The SMILES string of the molecule is F[B-](F)(F)F.Oc1c(-c2cccnc2)cc(-[n+]2c(-c3cccnc3)cc(-c3ccccc3)cc2-c2cccnc2)cc1-c1cccnc1. The summed E-state index contributed by atoms with van der Waals surface area (Å²) in [7, 11) is -6.00. The van der Waals surface area contributed by atoms with E-state index in [-0.39, 0.29) is 5.75 Å². The van der Waals surface area contributed by atoms with Crippen molar-refractivity contribution in [3.63, 3.8) is 0 Å². The summed E-state index contributed by atoms with van der Waals surface area (Å²) in [5.74, 6) is 0.164. The first-order valence-electron chi connectivity index (χ1n) is 14.8. The molecule has 7 aromatic rings. The maximum absolute atomic E-state index is 11.6. The van der Waals surface area contributed by atoms with Crippen LogP contribution in [0.3, 0.4) is 0 Å². The molecule has 0 unspecified atom stereocenters. The summed E-state index contributed by atoms with van der Waals surface area (Å²) in [6, 6.07) is 34.4. The van der Waals surface area contributed by atoms with Crippen LogP contribution in [0.1, 0.15) is 0 Å². The molecule has 2 aromatic carbocycles. The molecule has 5 aromatic heterocycles. The van der Waals surface area contributed by atoms with Gasteiger partial charge in [0.25, 0.3) is 0 Å². The summed E-state index contributed by atoms with van der Waals surface area (Å²) in [5, 5.41) is 11.6. The average Bonchev–Trinajstić information content (AvgIpc) is 3.12. The van der Waals surface area contributed by atoms with Crippen LogP contribution in [0.25, 0.3) is 61.6 Å². The summed E-state index contributed by atoms with van der Waals surface area (Å²) in [4.78, 5) is 17.6. The van der Waals surface area contributed by atoms with Crippen LogP contribution < -0.4 is 4.57 Å². The third-order valence-corrected chi connectivity index (χ3v) is 7.39. The highest BCUT2D eigenvalue weighted by Gasteiger charge is 2.28. The summed E-state index contributed by atoms with van der Waals surface area (Å²) >= 11 is 0. The van der Waals surface area contributed by atoms with E-state index in [2.05, 4.69) is 60.9 Å². The van der Waals surface area contributed by atoms with Gasteiger partial charge < -0.3 is 22.4 Å². The fraction of sp³-hybridized carbons (Fsp3) is 0. The van der Waals surface area contributed by atoms with E-state index >= 15 is 0 Å². The zero-order valence-electron chi connectivity index (χ0n) is 25.2. The minimum atomic E-state index is -6.00. The smallest absolute Gasteiger partial charge is 0.507 e. The zero-order valence-corrected chi connectivity index (χ0v) is 25.2. The summed E-state index contributed by atoms with van der Waals surface area (Å²) in [6.45, 7) is 0. The van der Waals surface area contributed by atoms with Crippen molar-refractivity contribution in [2.45, 2.75) is 0 Å². The van der Waals surface area contributed by atoms with Crippen LogP contribution in [0.2, 0.25) is 0 Å². The minimum absolute atomic E-state index is 0.164. The van der Waals surface area contributed by atoms with E-state index in [1.165, 1.54) is 0 Å². The summed E-state index contributed by atoms with van der Waals surface area (Å²) in [6.07, 6.45) is 14.3. The Kier molecular flexibility index (Phi) is 9.29. The van der Waals surface area contributed by atoms with Gasteiger partial charge in [0.2, 0.25) is 17.1 Å². The molecule has 236 valence electrons. The van der Waals surface area contributed by atoms with Crippen molar-refractivity contribution in [3.05, 3.63) is 153 Å². The third kappa shape index (κ3) is 7.42. The molecule has 11 heteroatoms. The van der Waals surface area contributed by atoms with Gasteiger partial charge >= 0.3 is 7.25 Å². The number of benzene rings is 2. The molecule has 1 N–H and O–H groups in total. The quantitative estimate of drug-likeness (QED) is 0.111. The molecule has 0 saturated carbocycles. The van der Waals surface area contributed by atoms with Gasteiger partial charge in [0.15, 0.2) is 0 Å². The van der Waals surface area contributed by atoms with Crippen LogP contribution in [0.5, 0.6) is 5.75 Å². The Morgan fingerprint density at radius 3 is 1.21 bits per heavy atom. The van der Waals surface area contributed by atoms with Crippen molar-refractivity contribution in [1.29, 1.82) is 0 Å². The maximum Gasteiger partial charge on any atom is 0.673 e. The molecule has 7 rings (SSSR count). The molecule has 0 aliphatic rings. The van der Waals surface area contributed by atoms with E-state index in [9.17, 15) is 22.4 Å². The van der Waals surface area contributed by atoms with E-state index in [0.29, 0.717) is 11.1 Å². The van der Waals surface area contributed by atoms with Crippen molar-refractivity contribution < 1.29 is 26.9 Å². The first kappa shape index (κ1) is 31.7. The standard InChI is InChI=1S/C37H25N5O.BF4/c43-37-33(27-10-4-14-38-22-27)20-32(21-34(37)28-11-5-15-39-23-28)42-35(29-12-6-16-40-24-29)18-31(26-8-2-1-3-9-26)19-36(42)30-13-7-17-41-25-30;2-1(3,4)5/h1-25H;/q;-1/p+1. The molecule has 0 radical (unpaired) electrons. The van der Waals surface area contributed by atoms with Crippen LogP contribution in [-0.4, -0.2) is 32.3 Å². The van der Waals surface area contributed by atoms with Gasteiger partial charge in [-0.2, -0.15) is 4.57 Å². The molecule has 0 fully saturated rings. The molecular formula is C37H26BF4N5O. The molecule has 0 amide bonds. The fourth-order valence-electron chi connectivity index (χ4n) is 5.36. The normalized spacial score (nSPS) is 11.0. The first-order valence-corrected chi connectivity index (χ1v) is 14.8. The van der Waals surface area contributed by atoms with Gasteiger partial charge in [-0.1, -0.05) is 42.5 Å². The van der Waals surface area contributed by atoms with E-state index in [4.69, 9.17) is 0 Å². The van der Waals surface area contributed by atoms with E-state index in [1.807, 2.05) is 79.1 Å². The first-order chi connectivity index (χ1) is 23.3. The Hall–Kier alpha value is -6.23. The Morgan fingerprint density at radius 1 is 0.458 bits per heavy atom. The van der Waals surface area contributed by atoms with Crippen molar-refractivity contribution in [2.75, 3.05) is 0 Å². The van der Waals surface area contributed by atoms with Crippen molar-refractivity contribution in [1.82, 2.24) is 19.9 Å². The number of phenols is 1. The van der Waals surface area contributed by atoms with Crippen molar-refractivity contribution >= 4 is 7.25 Å². The predicted molar refractivity (Wildman–Crippen MR) is 178 cm³/mol. The number of halogens is 4. The minimum Gasteiger partial charge on any atom is -0.507 e. The fourth-order valence-corrected chi connectivity index (χ4v) is 5.36. The molecule has 6 nitrogen and oxygen atoms in total. The molecular weight excluding hydrogens is 617 g/mol. The Labute approximate surface area is 273 Å². The van der Waals surface area contributed by atoms with Crippen LogP contribution in [0, 0.1) is 0 Å². The van der Waals surface area contributed by atoms with Crippen molar-refractivity contribution in [2.24, 2.45) is 0 Å². The number of aromatic hydroxyl groups is 1. The second-order valence-corrected chi connectivity index (χ2v) is 10.6. The molecule has 0 aliphatic carbocycles. The highest BCUT2D eigenvalue weighted by molar-refractivity contribution is 6.50. The lowest BCUT2D eigenvalue weighted by atomic mass is 9.96. The number of aromatic nitrogens is 5. The van der Waals surface area contributed by atoms with Gasteiger partial charge in [0.1, 0.15) is 5.75 Å². The van der Waals surface area contributed by atoms with Gasteiger partial charge in [0, 0.05) is 96.1 Å². The predicted octanol–water partition coefficient (Wildman–Crippen LogP) is 8.88. The molecule has 0 saturated heterocycles. The van der Waals surface area contributed by atoms with Gasteiger partial charge in [-0.3, -0.25) is 19.9 Å². The number of nitrogens with zero attached hydrogens (tertiary/aromatic N) is 5. The highest BCUT2D eigenvalue weighted by Crippen LogP contribution is 2.40. The summed E-state index contributed by atoms with van der Waals surface area (Å²) in [5.41, 5.74) is 9.73. The molecule has 5 heterocycles. The number of rotatable bonds is 6. The lowest BCUT2D eigenvalue weighted by Gasteiger charge is -2.15.